The second kappa shape index (κ2) is 4.37. The van der Waals surface area contributed by atoms with Gasteiger partial charge in [0, 0.05) is 13.1 Å². The lowest BCUT2D eigenvalue weighted by atomic mass is 9.99. The molecule has 1 saturated heterocycles. The Labute approximate surface area is 88.0 Å². The molecule has 0 unspecified atom stereocenters. The van der Waals surface area contributed by atoms with E-state index >= 15 is 0 Å². The zero-order chi connectivity index (χ0) is 10.7. The van der Waals surface area contributed by atoms with Crippen LogP contribution in [-0.4, -0.2) is 44.5 Å². The van der Waals surface area contributed by atoms with E-state index in [1.165, 1.54) is 0 Å². The van der Waals surface area contributed by atoms with Crippen molar-refractivity contribution in [3.8, 4) is 0 Å². The largest absolute Gasteiger partial charge is 0.342 e. The van der Waals surface area contributed by atoms with Crippen molar-refractivity contribution in [2.24, 2.45) is 5.92 Å². The van der Waals surface area contributed by atoms with Gasteiger partial charge in [0.05, 0.1) is 6.42 Å². The van der Waals surface area contributed by atoms with Crippen LogP contribution in [0, 0.1) is 5.92 Å². The maximum absolute atomic E-state index is 11.8. The Morgan fingerprint density at radius 3 is 2.87 bits per heavy atom. The number of aromatic amines is 1. The second-order valence-corrected chi connectivity index (χ2v) is 4.07. The van der Waals surface area contributed by atoms with Crippen molar-refractivity contribution in [1.82, 2.24) is 25.5 Å². The van der Waals surface area contributed by atoms with Gasteiger partial charge >= 0.3 is 0 Å². The lowest BCUT2D eigenvalue weighted by Gasteiger charge is -2.29. The molecule has 0 radical (unpaired) electrons. The summed E-state index contributed by atoms with van der Waals surface area (Å²) in [6, 6.07) is 0. The monoisotopic (exact) mass is 209 g/mol. The summed E-state index contributed by atoms with van der Waals surface area (Å²) >= 11 is 0. The summed E-state index contributed by atoms with van der Waals surface area (Å²) in [5.74, 6) is 1.31. The summed E-state index contributed by atoms with van der Waals surface area (Å²) in [4.78, 5) is 13.7. The minimum absolute atomic E-state index is 0.100. The number of likely N-dealkylation sites (tertiary alicyclic amines) is 1. The highest BCUT2D eigenvalue weighted by Crippen LogP contribution is 2.16. The average Bonchev–Trinajstić information content (AvgIpc) is 2.71. The molecule has 1 fully saturated rings. The molecule has 2 heterocycles. The number of piperidine rings is 1. The maximum Gasteiger partial charge on any atom is 0.230 e. The van der Waals surface area contributed by atoms with Gasteiger partial charge in [-0.3, -0.25) is 4.79 Å². The lowest BCUT2D eigenvalue weighted by Crippen LogP contribution is -2.38. The van der Waals surface area contributed by atoms with E-state index in [1.54, 1.807) is 0 Å². The molecule has 0 spiro atoms. The second-order valence-electron chi connectivity index (χ2n) is 4.07. The molecule has 0 atom stereocenters. The van der Waals surface area contributed by atoms with E-state index in [4.69, 9.17) is 0 Å². The van der Waals surface area contributed by atoms with Crippen molar-refractivity contribution >= 4 is 5.91 Å². The van der Waals surface area contributed by atoms with Crippen molar-refractivity contribution in [2.75, 3.05) is 13.1 Å². The van der Waals surface area contributed by atoms with Crippen molar-refractivity contribution in [1.29, 1.82) is 0 Å². The van der Waals surface area contributed by atoms with Gasteiger partial charge in [0.1, 0.15) is 0 Å². The van der Waals surface area contributed by atoms with Gasteiger partial charge in [-0.15, -0.1) is 10.2 Å². The Morgan fingerprint density at radius 2 is 2.27 bits per heavy atom. The Bertz CT molecular complexity index is 315. The fourth-order valence-electron chi connectivity index (χ4n) is 1.76. The predicted octanol–water partition coefficient (Wildman–Crippen LogP) is 0.000700. The molecular formula is C9H15N5O. The molecule has 1 aliphatic heterocycles. The first-order chi connectivity index (χ1) is 7.25. The molecule has 1 amide bonds. The van der Waals surface area contributed by atoms with E-state index in [2.05, 4.69) is 27.5 Å². The number of rotatable bonds is 2. The maximum atomic E-state index is 11.8. The van der Waals surface area contributed by atoms with Crippen LogP contribution in [0.5, 0.6) is 0 Å². The molecule has 0 saturated carbocycles. The first-order valence-electron chi connectivity index (χ1n) is 5.26. The Morgan fingerprint density at radius 1 is 1.53 bits per heavy atom. The minimum atomic E-state index is 0.100. The summed E-state index contributed by atoms with van der Waals surface area (Å²) in [5, 5.41) is 13.3. The fourth-order valence-corrected chi connectivity index (χ4v) is 1.76. The zero-order valence-corrected chi connectivity index (χ0v) is 8.81. The third-order valence-electron chi connectivity index (χ3n) is 2.83. The highest BCUT2D eigenvalue weighted by molar-refractivity contribution is 5.77. The van der Waals surface area contributed by atoms with Gasteiger partial charge in [0.15, 0.2) is 5.82 Å². The van der Waals surface area contributed by atoms with Gasteiger partial charge in [-0.25, -0.2) is 0 Å². The molecule has 0 aromatic carbocycles. The Balaban J connectivity index is 1.86. The van der Waals surface area contributed by atoms with Crippen LogP contribution in [0.2, 0.25) is 0 Å². The van der Waals surface area contributed by atoms with Gasteiger partial charge in [-0.1, -0.05) is 12.1 Å². The number of carbonyl (C=O) groups excluding carboxylic acids is 1. The minimum Gasteiger partial charge on any atom is -0.342 e. The van der Waals surface area contributed by atoms with E-state index in [0.717, 1.165) is 31.8 Å². The molecule has 6 nitrogen and oxygen atoms in total. The SMILES string of the molecule is CC1CCN(C(=O)Cc2nn[nH]n2)CC1. The summed E-state index contributed by atoms with van der Waals surface area (Å²) in [6.45, 7) is 3.94. The molecule has 1 aromatic rings. The van der Waals surface area contributed by atoms with Gasteiger partial charge in [0.2, 0.25) is 5.91 Å². The van der Waals surface area contributed by atoms with E-state index in [9.17, 15) is 4.79 Å². The number of nitrogens with zero attached hydrogens (tertiary/aromatic N) is 4. The molecule has 0 bridgehead atoms. The smallest absolute Gasteiger partial charge is 0.230 e. The first-order valence-corrected chi connectivity index (χ1v) is 5.26. The lowest BCUT2D eigenvalue weighted by molar-refractivity contribution is -0.131. The Kier molecular flexibility index (Phi) is 2.94. The molecule has 0 aliphatic carbocycles. The number of carbonyl (C=O) groups is 1. The van der Waals surface area contributed by atoms with E-state index < -0.39 is 0 Å². The summed E-state index contributed by atoms with van der Waals surface area (Å²) in [7, 11) is 0. The molecular weight excluding hydrogens is 194 g/mol. The average molecular weight is 209 g/mol. The third-order valence-corrected chi connectivity index (χ3v) is 2.83. The van der Waals surface area contributed by atoms with Gasteiger partial charge in [0.25, 0.3) is 0 Å². The topological polar surface area (TPSA) is 74.8 Å². The van der Waals surface area contributed by atoms with Crippen LogP contribution in [0.15, 0.2) is 0 Å². The van der Waals surface area contributed by atoms with Crippen molar-refractivity contribution in [3.63, 3.8) is 0 Å². The van der Waals surface area contributed by atoms with Crippen molar-refractivity contribution in [2.45, 2.75) is 26.2 Å². The fraction of sp³-hybridized carbons (Fsp3) is 0.778. The summed E-state index contributed by atoms with van der Waals surface area (Å²) in [6.07, 6.45) is 2.45. The van der Waals surface area contributed by atoms with Crippen LogP contribution in [0.1, 0.15) is 25.6 Å². The van der Waals surface area contributed by atoms with Crippen molar-refractivity contribution in [3.05, 3.63) is 5.82 Å². The van der Waals surface area contributed by atoms with Gasteiger partial charge in [-0.2, -0.15) is 5.21 Å². The summed E-state index contributed by atoms with van der Waals surface area (Å²) in [5.41, 5.74) is 0. The number of amides is 1. The van der Waals surface area contributed by atoms with Crippen molar-refractivity contribution < 1.29 is 4.79 Å². The quantitative estimate of drug-likeness (QED) is 0.744. The van der Waals surface area contributed by atoms with Crippen LogP contribution in [0.4, 0.5) is 0 Å². The third kappa shape index (κ3) is 2.51. The Hall–Kier alpha value is -1.46. The molecule has 15 heavy (non-hydrogen) atoms. The standard InChI is InChI=1S/C9H15N5O/c1-7-2-4-14(5-3-7)9(15)6-8-10-12-13-11-8/h7H,2-6H2,1H3,(H,10,11,12,13). The number of tetrazole rings is 1. The first kappa shape index (κ1) is 10.1. The summed E-state index contributed by atoms with van der Waals surface area (Å²) < 4.78 is 0. The van der Waals surface area contributed by atoms with Crippen LogP contribution >= 0.6 is 0 Å². The normalized spacial score (nSPS) is 18.1. The molecule has 1 N–H and O–H groups in total. The molecule has 82 valence electrons. The van der Waals surface area contributed by atoms with Crippen LogP contribution in [0.3, 0.4) is 0 Å². The zero-order valence-electron chi connectivity index (χ0n) is 8.81. The molecule has 6 heteroatoms. The number of hydrogen-bond donors (Lipinski definition) is 1. The van der Waals surface area contributed by atoms with Crippen LogP contribution < -0.4 is 0 Å². The van der Waals surface area contributed by atoms with E-state index in [-0.39, 0.29) is 12.3 Å². The van der Waals surface area contributed by atoms with Gasteiger partial charge < -0.3 is 4.90 Å². The van der Waals surface area contributed by atoms with Crippen LogP contribution in [-0.2, 0) is 11.2 Å². The predicted molar refractivity (Wildman–Crippen MR) is 52.9 cm³/mol. The highest BCUT2D eigenvalue weighted by Gasteiger charge is 2.21. The van der Waals surface area contributed by atoms with Gasteiger partial charge in [-0.05, 0) is 18.8 Å². The molecule has 1 aliphatic rings. The molecule has 2 rings (SSSR count). The number of hydrogen-bond acceptors (Lipinski definition) is 4. The van der Waals surface area contributed by atoms with E-state index in [0.29, 0.717) is 5.82 Å². The number of nitrogens with one attached hydrogen (secondary N) is 1. The number of H-pyrrole nitrogens is 1. The highest BCUT2D eigenvalue weighted by atomic mass is 16.2. The molecule has 1 aromatic heterocycles. The number of aromatic nitrogens is 4. The van der Waals surface area contributed by atoms with E-state index in [1.807, 2.05) is 4.90 Å². The van der Waals surface area contributed by atoms with Crippen LogP contribution in [0.25, 0.3) is 0 Å².